The number of benzene rings is 2. The van der Waals surface area contributed by atoms with Crippen molar-refractivity contribution in [2.75, 3.05) is 10.8 Å². The predicted molar refractivity (Wildman–Crippen MR) is 93.9 cm³/mol. The molecule has 0 radical (unpaired) electrons. The van der Waals surface area contributed by atoms with Crippen molar-refractivity contribution in [1.29, 1.82) is 0 Å². The molecule has 2 nitrogen and oxygen atoms in total. The maximum atomic E-state index is 14.2. The Hall–Kier alpha value is -1.30. The van der Waals surface area contributed by atoms with Gasteiger partial charge in [-0.2, -0.15) is 0 Å². The quantitative estimate of drug-likeness (QED) is 0.686. The number of hydrogen-bond donors (Lipinski definition) is 1. The fraction of sp³-hybridized carbons (Fsp3) is 0.294. The van der Waals surface area contributed by atoms with Gasteiger partial charge in [0, 0.05) is 22.0 Å². The molecule has 0 heterocycles. The van der Waals surface area contributed by atoms with E-state index in [9.17, 15) is 8.78 Å². The number of nitrogens with two attached hydrogens (primary N) is 1. The highest BCUT2D eigenvalue weighted by molar-refractivity contribution is 8.00. The molecular formula is C17H19ClF2N2S. The molecule has 0 aromatic heterocycles. The van der Waals surface area contributed by atoms with Crippen molar-refractivity contribution in [3.8, 4) is 0 Å². The van der Waals surface area contributed by atoms with Crippen LogP contribution in [0.3, 0.4) is 0 Å². The van der Waals surface area contributed by atoms with Crippen LogP contribution in [0.4, 0.5) is 14.5 Å². The molecule has 0 spiro atoms. The summed E-state index contributed by atoms with van der Waals surface area (Å²) in [6.45, 7) is 2.54. The predicted octanol–water partition coefficient (Wildman–Crippen LogP) is 5.26. The first kappa shape index (κ1) is 18.0. The minimum atomic E-state index is -0.464. The molecule has 23 heavy (non-hydrogen) atoms. The monoisotopic (exact) mass is 356 g/mol. The normalized spacial score (nSPS) is 12.2. The Balaban J connectivity index is 2.30. The van der Waals surface area contributed by atoms with E-state index in [0.717, 1.165) is 29.9 Å². The van der Waals surface area contributed by atoms with Crippen LogP contribution in [-0.2, 0) is 0 Å². The van der Waals surface area contributed by atoms with Gasteiger partial charge in [0.2, 0.25) is 0 Å². The van der Waals surface area contributed by atoms with Gasteiger partial charge in [-0.3, -0.25) is 0 Å². The molecule has 1 atom stereocenters. The van der Waals surface area contributed by atoms with Gasteiger partial charge < -0.3 is 10.0 Å². The number of rotatable bonds is 7. The number of anilines is 1. The van der Waals surface area contributed by atoms with Crippen LogP contribution >= 0.6 is 23.5 Å². The van der Waals surface area contributed by atoms with Crippen LogP contribution in [0.15, 0.2) is 47.4 Å². The van der Waals surface area contributed by atoms with Crippen molar-refractivity contribution in [3.05, 3.63) is 59.1 Å². The van der Waals surface area contributed by atoms with Gasteiger partial charge in [-0.15, -0.1) is 0 Å². The average molecular weight is 357 g/mol. The minimum Gasteiger partial charge on any atom is -0.330 e. The average Bonchev–Trinajstić information content (AvgIpc) is 2.54. The Kier molecular flexibility index (Phi) is 6.69. The Morgan fingerprint density at radius 3 is 2.52 bits per heavy atom. The van der Waals surface area contributed by atoms with E-state index in [4.69, 9.17) is 17.3 Å². The molecule has 0 bridgehead atoms. The third-order valence-electron chi connectivity index (χ3n) is 3.39. The van der Waals surface area contributed by atoms with E-state index >= 15 is 0 Å². The SMILES string of the molecule is C[C@H](CCCN)N(Sc1ccc(Cl)cc1)c1cc(F)ccc1F. The van der Waals surface area contributed by atoms with Crippen LogP contribution in [0.1, 0.15) is 19.8 Å². The van der Waals surface area contributed by atoms with E-state index in [1.54, 1.807) is 16.4 Å². The van der Waals surface area contributed by atoms with E-state index in [0.29, 0.717) is 11.6 Å². The molecule has 2 N–H and O–H groups in total. The molecular weight excluding hydrogens is 338 g/mol. The molecule has 2 rings (SSSR count). The molecule has 0 amide bonds. The van der Waals surface area contributed by atoms with E-state index in [2.05, 4.69) is 0 Å². The third kappa shape index (κ3) is 5.09. The molecule has 2 aromatic rings. The molecule has 124 valence electrons. The standard InChI is InChI=1S/C17H19ClF2N2S/c1-12(3-2-10-21)22(17-11-14(19)6-9-16(17)20)23-15-7-4-13(18)5-8-15/h4-9,11-12H,2-3,10,21H2,1H3/t12-/m1/s1. The Morgan fingerprint density at radius 2 is 1.87 bits per heavy atom. The summed E-state index contributed by atoms with van der Waals surface area (Å²) in [6.07, 6.45) is 1.60. The number of halogens is 3. The van der Waals surface area contributed by atoms with Gasteiger partial charge in [0.25, 0.3) is 0 Å². The lowest BCUT2D eigenvalue weighted by atomic mass is 10.1. The van der Waals surface area contributed by atoms with Crippen LogP contribution in [0, 0.1) is 11.6 Å². The van der Waals surface area contributed by atoms with Crippen LogP contribution in [0.25, 0.3) is 0 Å². The van der Waals surface area contributed by atoms with Gasteiger partial charge in [0.05, 0.1) is 5.69 Å². The smallest absolute Gasteiger partial charge is 0.147 e. The van der Waals surface area contributed by atoms with Crippen LogP contribution in [-0.4, -0.2) is 12.6 Å². The summed E-state index contributed by atoms with van der Waals surface area (Å²) in [5.41, 5.74) is 5.80. The number of nitrogens with zero attached hydrogens (tertiary/aromatic N) is 1. The molecule has 2 aromatic carbocycles. The Labute approximate surface area is 144 Å². The molecule has 0 saturated heterocycles. The van der Waals surface area contributed by atoms with E-state index < -0.39 is 11.6 Å². The Bertz CT molecular complexity index is 637. The molecule has 6 heteroatoms. The first-order valence-corrected chi connectivity index (χ1v) is 8.54. The highest BCUT2D eigenvalue weighted by Crippen LogP contribution is 2.35. The summed E-state index contributed by atoms with van der Waals surface area (Å²) in [5, 5.41) is 0.633. The second-order valence-corrected chi connectivity index (χ2v) is 6.73. The summed E-state index contributed by atoms with van der Waals surface area (Å²) < 4.78 is 29.6. The van der Waals surface area contributed by atoms with E-state index in [1.165, 1.54) is 18.0 Å². The van der Waals surface area contributed by atoms with Crippen molar-refractivity contribution >= 4 is 29.2 Å². The van der Waals surface area contributed by atoms with Crippen molar-refractivity contribution in [1.82, 2.24) is 0 Å². The zero-order valence-electron chi connectivity index (χ0n) is 12.8. The molecule has 0 aliphatic heterocycles. The molecule has 0 unspecified atom stereocenters. The molecule has 0 saturated carbocycles. The highest BCUT2D eigenvalue weighted by atomic mass is 35.5. The van der Waals surface area contributed by atoms with Crippen LogP contribution < -0.4 is 10.0 Å². The van der Waals surface area contributed by atoms with E-state index in [-0.39, 0.29) is 11.7 Å². The zero-order chi connectivity index (χ0) is 16.8. The summed E-state index contributed by atoms with van der Waals surface area (Å²) in [5.74, 6) is -0.915. The second kappa shape index (κ2) is 8.52. The van der Waals surface area contributed by atoms with E-state index in [1.807, 2.05) is 19.1 Å². The zero-order valence-corrected chi connectivity index (χ0v) is 14.4. The summed E-state index contributed by atoms with van der Waals surface area (Å²) in [7, 11) is 0. The molecule has 0 aliphatic rings. The van der Waals surface area contributed by atoms with Gasteiger partial charge in [0.1, 0.15) is 11.6 Å². The van der Waals surface area contributed by atoms with Gasteiger partial charge in [-0.25, -0.2) is 8.78 Å². The number of hydrogen-bond acceptors (Lipinski definition) is 3. The lowest BCUT2D eigenvalue weighted by molar-refractivity contribution is 0.585. The lowest BCUT2D eigenvalue weighted by Gasteiger charge is -2.30. The van der Waals surface area contributed by atoms with Crippen LogP contribution in [0.2, 0.25) is 5.02 Å². The summed E-state index contributed by atoms with van der Waals surface area (Å²) in [4.78, 5) is 0.901. The maximum absolute atomic E-state index is 14.2. The van der Waals surface area contributed by atoms with Crippen LogP contribution in [0.5, 0.6) is 0 Å². The second-order valence-electron chi connectivity index (χ2n) is 5.25. The van der Waals surface area contributed by atoms with Crippen molar-refractivity contribution in [2.45, 2.75) is 30.7 Å². The largest absolute Gasteiger partial charge is 0.330 e. The Morgan fingerprint density at radius 1 is 1.17 bits per heavy atom. The van der Waals surface area contributed by atoms with Gasteiger partial charge in [-0.1, -0.05) is 11.6 Å². The highest BCUT2D eigenvalue weighted by Gasteiger charge is 2.20. The van der Waals surface area contributed by atoms with Gasteiger partial charge >= 0.3 is 0 Å². The topological polar surface area (TPSA) is 29.3 Å². The van der Waals surface area contributed by atoms with Crippen molar-refractivity contribution < 1.29 is 8.78 Å². The van der Waals surface area contributed by atoms with Crippen molar-refractivity contribution in [3.63, 3.8) is 0 Å². The maximum Gasteiger partial charge on any atom is 0.147 e. The van der Waals surface area contributed by atoms with Crippen molar-refractivity contribution in [2.24, 2.45) is 5.73 Å². The third-order valence-corrected chi connectivity index (χ3v) is 4.88. The fourth-order valence-corrected chi connectivity index (χ4v) is 3.31. The lowest BCUT2D eigenvalue weighted by Crippen LogP contribution is -2.28. The van der Waals surface area contributed by atoms with Gasteiger partial charge in [-0.05, 0) is 74.7 Å². The van der Waals surface area contributed by atoms with Gasteiger partial charge in [0.15, 0.2) is 0 Å². The minimum absolute atomic E-state index is 0.00414. The summed E-state index contributed by atoms with van der Waals surface area (Å²) in [6, 6.07) is 10.7. The molecule has 0 aliphatic carbocycles. The molecule has 0 fully saturated rings. The first-order valence-electron chi connectivity index (χ1n) is 7.39. The fourth-order valence-electron chi connectivity index (χ4n) is 2.17. The first-order chi connectivity index (χ1) is 11.0. The summed E-state index contributed by atoms with van der Waals surface area (Å²) >= 11 is 7.26.